The van der Waals surface area contributed by atoms with Crippen molar-refractivity contribution in [1.82, 2.24) is 0 Å². The summed E-state index contributed by atoms with van der Waals surface area (Å²) < 4.78 is 0. The summed E-state index contributed by atoms with van der Waals surface area (Å²) in [6.07, 6.45) is 7.16. The van der Waals surface area contributed by atoms with E-state index in [0.29, 0.717) is 0 Å². The highest BCUT2D eigenvalue weighted by Gasteiger charge is 1.97. The third kappa shape index (κ3) is 1.74. The summed E-state index contributed by atoms with van der Waals surface area (Å²) in [4.78, 5) is 0. The second-order valence-corrected chi connectivity index (χ2v) is 3.03. The van der Waals surface area contributed by atoms with Gasteiger partial charge in [0.2, 0.25) is 0 Å². The fourth-order valence-electron chi connectivity index (χ4n) is 0.826. The molecule has 0 heterocycles. The van der Waals surface area contributed by atoms with Crippen LogP contribution in [0, 0.1) is 0 Å². The van der Waals surface area contributed by atoms with Crippen LogP contribution in [0.4, 0.5) is 0 Å². The van der Waals surface area contributed by atoms with E-state index in [1.54, 1.807) is 0 Å². The van der Waals surface area contributed by atoms with Crippen LogP contribution in [0.2, 0.25) is 0 Å². The molecule has 0 fully saturated rings. The number of rotatable bonds is 0. The zero-order chi connectivity index (χ0) is 7.56. The summed E-state index contributed by atoms with van der Waals surface area (Å²) in [6.45, 7) is 4.12. The zero-order valence-electron chi connectivity index (χ0n) is 6.32. The molecule has 10 heavy (non-hydrogen) atoms. The van der Waals surface area contributed by atoms with Crippen molar-refractivity contribution < 1.29 is 0 Å². The van der Waals surface area contributed by atoms with Gasteiger partial charge in [0.05, 0.1) is 0 Å². The Balaban J connectivity index is 2.89. The van der Waals surface area contributed by atoms with E-state index in [1.165, 1.54) is 11.1 Å². The molecule has 0 radical (unpaired) electrons. The Morgan fingerprint density at radius 1 is 1.30 bits per heavy atom. The van der Waals surface area contributed by atoms with Crippen LogP contribution in [0.3, 0.4) is 0 Å². The normalized spacial score (nSPS) is 18.9. The molecule has 0 aromatic carbocycles. The first kappa shape index (κ1) is 7.62. The van der Waals surface area contributed by atoms with Crippen molar-refractivity contribution in [2.75, 3.05) is 0 Å². The van der Waals surface area contributed by atoms with E-state index < -0.39 is 0 Å². The SMILES string of the molecule is CC1=CCC(Cl)=C(C)C=C1. The zero-order valence-corrected chi connectivity index (χ0v) is 7.07. The lowest BCUT2D eigenvalue weighted by atomic mass is 10.2. The van der Waals surface area contributed by atoms with Gasteiger partial charge in [-0.2, -0.15) is 0 Å². The molecule has 0 N–H and O–H groups in total. The van der Waals surface area contributed by atoms with Gasteiger partial charge >= 0.3 is 0 Å². The molecule has 54 valence electrons. The third-order valence-corrected chi connectivity index (χ3v) is 2.08. The molecular weight excluding hydrogens is 144 g/mol. The monoisotopic (exact) mass is 154 g/mol. The van der Waals surface area contributed by atoms with Gasteiger partial charge in [-0.3, -0.25) is 0 Å². The lowest BCUT2D eigenvalue weighted by molar-refractivity contribution is 1.29. The van der Waals surface area contributed by atoms with E-state index in [1.807, 2.05) is 6.92 Å². The minimum atomic E-state index is 0.881. The molecule has 0 bridgehead atoms. The van der Waals surface area contributed by atoms with Crippen LogP contribution >= 0.6 is 11.6 Å². The predicted octanol–water partition coefficient (Wildman–Crippen LogP) is 3.41. The number of allylic oxidation sites excluding steroid dienone is 6. The topological polar surface area (TPSA) is 0 Å². The molecule has 1 aliphatic rings. The molecule has 0 aromatic heterocycles. The average molecular weight is 155 g/mol. The third-order valence-electron chi connectivity index (χ3n) is 1.63. The Hall–Kier alpha value is -0.490. The second kappa shape index (κ2) is 3.07. The van der Waals surface area contributed by atoms with Gasteiger partial charge in [0.25, 0.3) is 0 Å². The van der Waals surface area contributed by atoms with Crippen LogP contribution in [-0.4, -0.2) is 0 Å². The molecule has 0 amide bonds. The van der Waals surface area contributed by atoms with Gasteiger partial charge in [0, 0.05) is 11.5 Å². The Kier molecular flexibility index (Phi) is 2.34. The summed E-state index contributed by atoms with van der Waals surface area (Å²) >= 11 is 5.92. The summed E-state index contributed by atoms with van der Waals surface area (Å²) in [5.41, 5.74) is 2.46. The highest BCUT2D eigenvalue weighted by atomic mass is 35.5. The minimum Gasteiger partial charge on any atom is -0.0885 e. The van der Waals surface area contributed by atoms with Crippen LogP contribution < -0.4 is 0 Å². The van der Waals surface area contributed by atoms with Gasteiger partial charge in [-0.1, -0.05) is 35.4 Å². The van der Waals surface area contributed by atoms with Gasteiger partial charge in [-0.25, -0.2) is 0 Å². The average Bonchev–Trinajstić information content (AvgIpc) is 2.04. The van der Waals surface area contributed by atoms with Gasteiger partial charge in [0.1, 0.15) is 0 Å². The molecule has 0 aliphatic heterocycles. The molecule has 0 nitrogen and oxygen atoms in total. The molecule has 0 saturated heterocycles. The first-order chi connectivity index (χ1) is 4.70. The van der Waals surface area contributed by atoms with Crippen LogP contribution in [0.5, 0.6) is 0 Å². The standard InChI is InChI=1S/C9H11Cl/c1-7-3-5-8(2)9(10)6-4-7/h3-5H,6H2,1-2H3. The lowest BCUT2D eigenvalue weighted by Gasteiger charge is -1.93. The van der Waals surface area contributed by atoms with Crippen molar-refractivity contribution in [3.05, 3.63) is 34.4 Å². The quantitative estimate of drug-likeness (QED) is 0.502. The molecule has 1 heteroatoms. The maximum atomic E-state index is 5.92. The molecule has 0 unspecified atom stereocenters. The van der Waals surface area contributed by atoms with Crippen molar-refractivity contribution in [2.24, 2.45) is 0 Å². The summed E-state index contributed by atoms with van der Waals surface area (Å²) in [5.74, 6) is 0. The van der Waals surface area contributed by atoms with Crippen LogP contribution in [-0.2, 0) is 0 Å². The Morgan fingerprint density at radius 2 is 2.00 bits per heavy atom. The largest absolute Gasteiger partial charge is 0.0885 e. The van der Waals surface area contributed by atoms with Crippen molar-refractivity contribution in [1.29, 1.82) is 0 Å². The first-order valence-electron chi connectivity index (χ1n) is 3.40. The Labute approximate surface area is 66.9 Å². The van der Waals surface area contributed by atoms with E-state index in [9.17, 15) is 0 Å². The van der Waals surface area contributed by atoms with Crippen LogP contribution in [0.1, 0.15) is 20.3 Å². The number of halogens is 1. The van der Waals surface area contributed by atoms with Crippen molar-refractivity contribution >= 4 is 11.6 Å². The van der Waals surface area contributed by atoms with Gasteiger partial charge in [0.15, 0.2) is 0 Å². The summed E-state index contributed by atoms with van der Waals surface area (Å²) in [5, 5.41) is 0.952. The Morgan fingerprint density at radius 3 is 2.70 bits per heavy atom. The van der Waals surface area contributed by atoms with E-state index in [0.717, 1.165) is 11.5 Å². The van der Waals surface area contributed by atoms with E-state index in [-0.39, 0.29) is 0 Å². The molecule has 1 rings (SSSR count). The number of hydrogen-bond donors (Lipinski definition) is 0. The van der Waals surface area contributed by atoms with Crippen molar-refractivity contribution in [3.63, 3.8) is 0 Å². The number of hydrogen-bond acceptors (Lipinski definition) is 0. The summed E-state index contributed by atoms with van der Waals surface area (Å²) in [6, 6.07) is 0. The minimum absolute atomic E-state index is 0.881. The van der Waals surface area contributed by atoms with Crippen molar-refractivity contribution in [2.45, 2.75) is 20.3 Å². The van der Waals surface area contributed by atoms with Crippen molar-refractivity contribution in [3.8, 4) is 0 Å². The Bertz CT molecular complexity index is 219. The predicted molar refractivity (Wildman–Crippen MR) is 46.1 cm³/mol. The summed E-state index contributed by atoms with van der Waals surface area (Å²) in [7, 11) is 0. The van der Waals surface area contributed by atoms with E-state index >= 15 is 0 Å². The van der Waals surface area contributed by atoms with Gasteiger partial charge < -0.3 is 0 Å². The lowest BCUT2D eigenvalue weighted by Crippen LogP contribution is -1.72. The molecular formula is C9H11Cl. The molecule has 0 aromatic rings. The van der Waals surface area contributed by atoms with Gasteiger partial charge in [-0.15, -0.1) is 0 Å². The van der Waals surface area contributed by atoms with Crippen LogP contribution in [0.25, 0.3) is 0 Å². The fraction of sp³-hybridized carbons (Fsp3) is 0.333. The maximum Gasteiger partial charge on any atom is 0.0248 e. The highest BCUT2D eigenvalue weighted by Crippen LogP contribution is 2.19. The van der Waals surface area contributed by atoms with Crippen LogP contribution in [0.15, 0.2) is 34.4 Å². The smallest absolute Gasteiger partial charge is 0.0248 e. The maximum absolute atomic E-state index is 5.92. The molecule has 0 saturated carbocycles. The van der Waals surface area contributed by atoms with E-state index in [4.69, 9.17) is 11.6 Å². The molecule has 0 spiro atoms. The van der Waals surface area contributed by atoms with E-state index in [2.05, 4.69) is 25.2 Å². The highest BCUT2D eigenvalue weighted by molar-refractivity contribution is 6.30. The molecule has 0 atom stereocenters. The second-order valence-electron chi connectivity index (χ2n) is 2.57. The molecule has 1 aliphatic carbocycles. The first-order valence-corrected chi connectivity index (χ1v) is 3.78. The fourth-order valence-corrected chi connectivity index (χ4v) is 0.967. The van der Waals surface area contributed by atoms with Gasteiger partial charge in [-0.05, 0) is 19.4 Å².